The van der Waals surface area contributed by atoms with Crippen LogP contribution in [0.2, 0.25) is 0 Å². The average Bonchev–Trinajstić information content (AvgIpc) is 2.38. The second kappa shape index (κ2) is 6.81. The summed E-state index contributed by atoms with van der Waals surface area (Å²) in [5, 5.41) is 3.38. The minimum atomic E-state index is -0.146. The van der Waals surface area contributed by atoms with Gasteiger partial charge in [0.1, 0.15) is 5.82 Å². The predicted octanol–water partition coefficient (Wildman–Crippen LogP) is 3.66. The minimum absolute atomic E-state index is 0.146. The molecule has 1 heterocycles. The van der Waals surface area contributed by atoms with Gasteiger partial charge in [0.25, 0.3) is 0 Å². The maximum Gasteiger partial charge on any atom is 0.123 e. The third-order valence-corrected chi connectivity index (χ3v) is 4.85. The van der Waals surface area contributed by atoms with Crippen molar-refractivity contribution >= 4 is 17.4 Å². The number of hydrogen-bond acceptors (Lipinski definition) is 3. The summed E-state index contributed by atoms with van der Waals surface area (Å²) in [7, 11) is 0. The summed E-state index contributed by atoms with van der Waals surface area (Å²) in [5.41, 5.74) is 2.25. The van der Waals surface area contributed by atoms with E-state index in [0.29, 0.717) is 0 Å². The Hall–Kier alpha value is -0.740. The zero-order valence-electron chi connectivity index (χ0n) is 12.7. The first kappa shape index (κ1) is 15.6. The number of hydrogen-bond donors (Lipinski definition) is 1. The first-order valence-corrected chi connectivity index (χ1v) is 8.38. The summed E-state index contributed by atoms with van der Waals surface area (Å²) in [6, 6.07) is 5.19. The Morgan fingerprint density at radius 2 is 2.20 bits per heavy atom. The van der Waals surface area contributed by atoms with Gasteiger partial charge in [0, 0.05) is 35.8 Å². The van der Waals surface area contributed by atoms with Crippen LogP contribution in [0.3, 0.4) is 0 Å². The van der Waals surface area contributed by atoms with Crippen molar-refractivity contribution < 1.29 is 4.39 Å². The van der Waals surface area contributed by atoms with Crippen LogP contribution in [0.25, 0.3) is 0 Å². The molecule has 0 unspecified atom stereocenters. The van der Waals surface area contributed by atoms with Crippen LogP contribution in [0.4, 0.5) is 10.1 Å². The highest BCUT2D eigenvalue weighted by Gasteiger charge is 2.28. The van der Waals surface area contributed by atoms with Crippen molar-refractivity contribution in [3.63, 3.8) is 0 Å². The van der Waals surface area contributed by atoms with Crippen LogP contribution in [0.1, 0.15) is 32.8 Å². The highest BCUT2D eigenvalue weighted by molar-refractivity contribution is 8.00. The number of thioether (sulfide) groups is 1. The molecular formula is C16H25FN2S. The lowest BCUT2D eigenvalue weighted by atomic mass is 10.1. The molecule has 0 atom stereocenters. The van der Waals surface area contributed by atoms with E-state index in [2.05, 4.69) is 31.0 Å². The van der Waals surface area contributed by atoms with E-state index in [1.165, 1.54) is 5.69 Å². The Morgan fingerprint density at radius 3 is 2.90 bits per heavy atom. The summed E-state index contributed by atoms with van der Waals surface area (Å²) in [6.45, 7) is 10.5. The van der Waals surface area contributed by atoms with Crippen molar-refractivity contribution in [2.45, 2.75) is 38.5 Å². The van der Waals surface area contributed by atoms with E-state index in [4.69, 9.17) is 0 Å². The Kier molecular flexibility index (Phi) is 5.33. The van der Waals surface area contributed by atoms with E-state index < -0.39 is 0 Å². The van der Waals surface area contributed by atoms with Crippen molar-refractivity contribution in [1.82, 2.24) is 5.32 Å². The Labute approximate surface area is 126 Å². The van der Waals surface area contributed by atoms with Gasteiger partial charge in [-0.2, -0.15) is 11.8 Å². The van der Waals surface area contributed by atoms with Crippen LogP contribution >= 0.6 is 11.8 Å². The van der Waals surface area contributed by atoms with Gasteiger partial charge in [0.2, 0.25) is 0 Å². The number of anilines is 1. The van der Waals surface area contributed by atoms with E-state index in [0.717, 1.165) is 43.9 Å². The number of benzene rings is 1. The van der Waals surface area contributed by atoms with Gasteiger partial charge in [-0.25, -0.2) is 4.39 Å². The highest BCUT2D eigenvalue weighted by Crippen LogP contribution is 2.33. The smallest absolute Gasteiger partial charge is 0.123 e. The van der Waals surface area contributed by atoms with Crippen LogP contribution in [0.15, 0.2) is 18.2 Å². The third kappa shape index (κ3) is 4.13. The number of halogens is 1. The largest absolute Gasteiger partial charge is 0.369 e. The Bertz CT molecular complexity index is 448. The maximum absolute atomic E-state index is 13.5. The van der Waals surface area contributed by atoms with Gasteiger partial charge in [0.05, 0.1) is 0 Å². The first-order valence-electron chi connectivity index (χ1n) is 7.40. The van der Waals surface area contributed by atoms with E-state index in [9.17, 15) is 4.39 Å². The molecule has 0 aliphatic carbocycles. The zero-order chi connectivity index (χ0) is 14.6. The lowest BCUT2D eigenvalue weighted by molar-refractivity contribution is 0.612. The van der Waals surface area contributed by atoms with Gasteiger partial charge in [0.15, 0.2) is 0 Å². The van der Waals surface area contributed by atoms with Crippen LogP contribution in [-0.2, 0) is 6.54 Å². The monoisotopic (exact) mass is 296 g/mol. The maximum atomic E-state index is 13.5. The summed E-state index contributed by atoms with van der Waals surface area (Å²) in [4.78, 5) is 2.40. The SMILES string of the molecule is CCCNCc1cc(F)ccc1N1CCSC(C)(C)C1. The molecule has 1 saturated heterocycles. The lowest BCUT2D eigenvalue weighted by Crippen LogP contribution is -2.43. The van der Waals surface area contributed by atoms with Crippen molar-refractivity contribution in [3.05, 3.63) is 29.6 Å². The van der Waals surface area contributed by atoms with Gasteiger partial charge >= 0.3 is 0 Å². The fraction of sp³-hybridized carbons (Fsp3) is 0.625. The van der Waals surface area contributed by atoms with E-state index in [1.54, 1.807) is 12.1 Å². The molecule has 0 bridgehead atoms. The van der Waals surface area contributed by atoms with Crippen molar-refractivity contribution in [3.8, 4) is 0 Å². The Balaban J connectivity index is 2.17. The molecule has 20 heavy (non-hydrogen) atoms. The molecule has 2 nitrogen and oxygen atoms in total. The molecular weight excluding hydrogens is 271 g/mol. The zero-order valence-corrected chi connectivity index (χ0v) is 13.5. The quantitative estimate of drug-likeness (QED) is 0.835. The van der Waals surface area contributed by atoms with Crippen molar-refractivity contribution in [2.75, 3.05) is 30.3 Å². The third-order valence-electron chi connectivity index (χ3n) is 3.55. The van der Waals surface area contributed by atoms with Gasteiger partial charge in [-0.3, -0.25) is 0 Å². The molecule has 0 amide bonds. The molecule has 0 radical (unpaired) electrons. The number of nitrogens with one attached hydrogen (secondary N) is 1. The molecule has 0 aromatic heterocycles. The van der Waals surface area contributed by atoms with E-state index >= 15 is 0 Å². The number of nitrogens with zero attached hydrogens (tertiary/aromatic N) is 1. The van der Waals surface area contributed by atoms with Gasteiger partial charge in [-0.05, 0) is 50.6 Å². The number of rotatable bonds is 5. The topological polar surface area (TPSA) is 15.3 Å². The van der Waals surface area contributed by atoms with Crippen LogP contribution in [-0.4, -0.2) is 30.1 Å². The predicted molar refractivity (Wildman–Crippen MR) is 87.1 cm³/mol. The Morgan fingerprint density at radius 1 is 1.40 bits per heavy atom. The summed E-state index contributed by atoms with van der Waals surface area (Å²) >= 11 is 2.02. The molecule has 1 fully saturated rings. The molecule has 0 spiro atoms. The summed E-state index contributed by atoms with van der Waals surface area (Å²) in [5.74, 6) is 0.986. The van der Waals surface area contributed by atoms with Crippen molar-refractivity contribution in [2.24, 2.45) is 0 Å². The second-order valence-electron chi connectivity index (χ2n) is 5.98. The van der Waals surface area contributed by atoms with Gasteiger partial charge in [-0.15, -0.1) is 0 Å². The molecule has 1 N–H and O–H groups in total. The summed E-state index contributed by atoms with van der Waals surface area (Å²) < 4.78 is 13.8. The van der Waals surface area contributed by atoms with Crippen LogP contribution in [0.5, 0.6) is 0 Å². The average molecular weight is 296 g/mol. The molecule has 1 aromatic carbocycles. The molecule has 0 saturated carbocycles. The molecule has 1 aliphatic rings. The van der Waals surface area contributed by atoms with E-state index in [1.807, 2.05) is 17.8 Å². The van der Waals surface area contributed by atoms with Gasteiger partial charge < -0.3 is 10.2 Å². The van der Waals surface area contributed by atoms with Crippen LogP contribution in [0, 0.1) is 5.82 Å². The van der Waals surface area contributed by atoms with Crippen LogP contribution < -0.4 is 10.2 Å². The normalized spacial score (nSPS) is 18.3. The molecule has 1 aromatic rings. The first-order chi connectivity index (χ1) is 9.52. The lowest BCUT2D eigenvalue weighted by Gasteiger charge is -2.39. The van der Waals surface area contributed by atoms with Gasteiger partial charge in [-0.1, -0.05) is 6.92 Å². The standard InChI is InChI=1S/C16H25FN2S/c1-4-7-18-11-13-10-14(17)5-6-15(13)19-8-9-20-16(2,3)12-19/h5-6,10,18H,4,7-9,11-12H2,1-3H3. The van der Waals surface area contributed by atoms with Crippen molar-refractivity contribution in [1.29, 1.82) is 0 Å². The summed E-state index contributed by atoms with van der Waals surface area (Å²) in [6.07, 6.45) is 1.10. The fourth-order valence-corrected chi connectivity index (χ4v) is 3.74. The van der Waals surface area contributed by atoms with E-state index in [-0.39, 0.29) is 10.6 Å². The highest BCUT2D eigenvalue weighted by atomic mass is 32.2. The second-order valence-corrected chi connectivity index (χ2v) is 7.78. The molecule has 4 heteroatoms. The fourth-order valence-electron chi connectivity index (χ4n) is 2.63. The molecule has 1 aliphatic heterocycles. The molecule has 112 valence electrons. The minimum Gasteiger partial charge on any atom is -0.369 e. The molecule has 2 rings (SSSR count).